The van der Waals surface area contributed by atoms with Crippen molar-refractivity contribution in [2.75, 3.05) is 26.3 Å². The van der Waals surface area contributed by atoms with Crippen LogP contribution in [0.1, 0.15) is 20.8 Å². The van der Waals surface area contributed by atoms with Crippen LogP contribution in [-0.2, 0) is 4.74 Å². The molecule has 1 unspecified atom stereocenters. The Balaban J connectivity index is 2.20. The van der Waals surface area contributed by atoms with Crippen molar-refractivity contribution in [1.82, 2.24) is 5.32 Å². The predicted octanol–water partition coefficient (Wildman–Crippen LogP) is 2.59. The van der Waals surface area contributed by atoms with E-state index in [1.54, 1.807) is 0 Å². The van der Waals surface area contributed by atoms with E-state index in [4.69, 9.17) is 9.47 Å². The molecule has 0 saturated carbocycles. The lowest BCUT2D eigenvalue weighted by molar-refractivity contribution is -0.0112. The lowest BCUT2D eigenvalue weighted by Gasteiger charge is -2.25. The van der Waals surface area contributed by atoms with Crippen molar-refractivity contribution in [2.24, 2.45) is 0 Å². The molecule has 0 aliphatic rings. The summed E-state index contributed by atoms with van der Waals surface area (Å²) in [6.45, 7) is 8.14. The van der Waals surface area contributed by atoms with Gasteiger partial charge in [0.05, 0.1) is 5.60 Å². The van der Waals surface area contributed by atoms with Crippen LogP contribution in [0, 0.1) is 0 Å². The van der Waals surface area contributed by atoms with Crippen LogP contribution in [0.25, 0.3) is 0 Å². The van der Waals surface area contributed by atoms with E-state index < -0.39 is 6.10 Å². The number of hydrogen-bond acceptors (Lipinski definition) is 4. The summed E-state index contributed by atoms with van der Waals surface area (Å²) in [5.41, 5.74) is -0.221. The smallest absolute Gasteiger partial charge is 0.119 e. The van der Waals surface area contributed by atoms with Gasteiger partial charge in [-0.05, 0) is 45.0 Å². The molecule has 0 bridgehead atoms. The van der Waals surface area contributed by atoms with Gasteiger partial charge in [-0.15, -0.1) is 0 Å². The Bertz CT molecular complexity index is 381. The third-order valence-electron chi connectivity index (χ3n) is 2.72. The molecular weight excluding hydrogens is 322 g/mol. The number of nitrogens with one attached hydrogen (secondary N) is 1. The van der Waals surface area contributed by atoms with Crippen molar-refractivity contribution in [1.29, 1.82) is 0 Å². The quantitative estimate of drug-likeness (QED) is 0.722. The van der Waals surface area contributed by atoms with Crippen molar-refractivity contribution in [3.63, 3.8) is 0 Å². The summed E-state index contributed by atoms with van der Waals surface area (Å²) in [4.78, 5) is 0. The van der Waals surface area contributed by atoms with Crippen LogP contribution in [0.4, 0.5) is 0 Å². The average molecular weight is 346 g/mol. The van der Waals surface area contributed by atoms with E-state index in [2.05, 4.69) is 21.2 Å². The Morgan fingerprint density at radius 3 is 2.55 bits per heavy atom. The highest BCUT2D eigenvalue weighted by atomic mass is 79.9. The molecule has 1 atom stereocenters. The van der Waals surface area contributed by atoms with Gasteiger partial charge in [-0.25, -0.2) is 0 Å². The van der Waals surface area contributed by atoms with Gasteiger partial charge < -0.3 is 19.9 Å². The summed E-state index contributed by atoms with van der Waals surface area (Å²) in [5.74, 6) is 0.752. The highest BCUT2D eigenvalue weighted by Crippen LogP contribution is 2.16. The lowest BCUT2D eigenvalue weighted by atomic mass is 10.1. The zero-order valence-corrected chi connectivity index (χ0v) is 13.9. The van der Waals surface area contributed by atoms with Crippen molar-refractivity contribution < 1.29 is 14.6 Å². The zero-order valence-electron chi connectivity index (χ0n) is 12.4. The molecule has 0 heterocycles. The minimum Gasteiger partial charge on any atom is -0.491 e. The highest BCUT2D eigenvalue weighted by Gasteiger charge is 2.17. The molecule has 1 aromatic carbocycles. The number of rotatable bonds is 9. The summed E-state index contributed by atoms with van der Waals surface area (Å²) < 4.78 is 12.1. The Morgan fingerprint density at radius 1 is 1.30 bits per heavy atom. The molecule has 0 radical (unpaired) electrons. The lowest BCUT2D eigenvalue weighted by Crippen LogP contribution is -2.41. The first-order chi connectivity index (χ1) is 9.43. The van der Waals surface area contributed by atoms with Crippen LogP contribution < -0.4 is 10.1 Å². The van der Waals surface area contributed by atoms with E-state index in [1.165, 1.54) is 0 Å². The van der Waals surface area contributed by atoms with Gasteiger partial charge in [0.2, 0.25) is 0 Å². The number of ether oxygens (including phenoxy) is 2. The molecular formula is C15H24BrNO3. The summed E-state index contributed by atoms with van der Waals surface area (Å²) >= 11 is 3.36. The second-order valence-corrected chi connectivity index (χ2v) is 6.16. The van der Waals surface area contributed by atoms with Gasteiger partial charge in [0.1, 0.15) is 18.5 Å². The number of hydrogen-bond donors (Lipinski definition) is 2. The molecule has 0 spiro atoms. The van der Waals surface area contributed by atoms with Crippen molar-refractivity contribution in [3.05, 3.63) is 28.7 Å². The second-order valence-electron chi connectivity index (χ2n) is 5.24. The third-order valence-corrected chi connectivity index (χ3v) is 3.25. The fourth-order valence-corrected chi connectivity index (χ4v) is 2.03. The SMILES string of the molecule is CCOC(C)(C)CNCC(O)COc1ccc(Br)cc1. The first-order valence-corrected chi connectivity index (χ1v) is 7.63. The van der Waals surface area contributed by atoms with E-state index in [0.29, 0.717) is 19.7 Å². The maximum atomic E-state index is 9.85. The van der Waals surface area contributed by atoms with E-state index in [1.807, 2.05) is 45.0 Å². The Kier molecular flexibility index (Phi) is 7.51. The Morgan fingerprint density at radius 2 is 1.95 bits per heavy atom. The number of aliphatic hydroxyl groups excluding tert-OH is 1. The van der Waals surface area contributed by atoms with Crippen molar-refractivity contribution >= 4 is 15.9 Å². The van der Waals surface area contributed by atoms with E-state index in [0.717, 1.165) is 10.2 Å². The summed E-state index contributed by atoms with van der Waals surface area (Å²) in [6, 6.07) is 7.54. The standard InChI is InChI=1S/C15H24BrNO3/c1-4-20-15(2,3)11-17-9-13(18)10-19-14-7-5-12(16)6-8-14/h5-8,13,17-18H,4,9-11H2,1-3H3. The van der Waals surface area contributed by atoms with Crippen molar-refractivity contribution in [2.45, 2.75) is 32.5 Å². The highest BCUT2D eigenvalue weighted by molar-refractivity contribution is 9.10. The van der Waals surface area contributed by atoms with Crippen LogP contribution in [0.5, 0.6) is 5.75 Å². The summed E-state index contributed by atoms with van der Waals surface area (Å²) in [7, 11) is 0. The molecule has 5 heteroatoms. The topological polar surface area (TPSA) is 50.7 Å². The van der Waals surface area contributed by atoms with E-state index >= 15 is 0 Å². The molecule has 20 heavy (non-hydrogen) atoms. The van der Waals surface area contributed by atoms with E-state index in [-0.39, 0.29) is 12.2 Å². The van der Waals surface area contributed by atoms with Crippen LogP contribution in [0.2, 0.25) is 0 Å². The molecule has 1 rings (SSSR count). The Labute approximate surface area is 129 Å². The molecule has 0 amide bonds. The average Bonchev–Trinajstić information content (AvgIpc) is 2.37. The normalized spacial score (nSPS) is 13.2. The molecule has 1 aromatic rings. The molecule has 0 saturated heterocycles. The zero-order chi connectivity index (χ0) is 15.0. The summed E-state index contributed by atoms with van der Waals surface area (Å²) in [5, 5.41) is 13.0. The molecule has 0 aliphatic heterocycles. The molecule has 0 aromatic heterocycles. The molecule has 114 valence electrons. The molecule has 2 N–H and O–H groups in total. The third kappa shape index (κ3) is 7.24. The monoisotopic (exact) mass is 345 g/mol. The maximum Gasteiger partial charge on any atom is 0.119 e. The maximum absolute atomic E-state index is 9.85. The van der Waals surface area contributed by atoms with Gasteiger partial charge in [-0.2, -0.15) is 0 Å². The fraction of sp³-hybridized carbons (Fsp3) is 0.600. The molecule has 0 aliphatic carbocycles. The fourth-order valence-electron chi connectivity index (χ4n) is 1.76. The van der Waals surface area contributed by atoms with Gasteiger partial charge in [-0.3, -0.25) is 0 Å². The first kappa shape index (κ1) is 17.4. The van der Waals surface area contributed by atoms with Crippen LogP contribution >= 0.6 is 15.9 Å². The van der Waals surface area contributed by atoms with Gasteiger partial charge in [0.15, 0.2) is 0 Å². The second kappa shape index (κ2) is 8.62. The minimum atomic E-state index is -0.545. The van der Waals surface area contributed by atoms with Crippen LogP contribution in [0.3, 0.4) is 0 Å². The van der Waals surface area contributed by atoms with E-state index in [9.17, 15) is 5.11 Å². The van der Waals surface area contributed by atoms with Crippen molar-refractivity contribution in [3.8, 4) is 5.75 Å². The van der Waals surface area contributed by atoms with Gasteiger partial charge >= 0.3 is 0 Å². The largest absolute Gasteiger partial charge is 0.491 e. The first-order valence-electron chi connectivity index (χ1n) is 6.84. The molecule has 0 fully saturated rings. The number of halogens is 1. The number of benzene rings is 1. The van der Waals surface area contributed by atoms with Gasteiger partial charge in [0.25, 0.3) is 0 Å². The van der Waals surface area contributed by atoms with Gasteiger partial charge in [0, 0.05) is 24.2 Å². The summed E-state index contributed by atoms with van der Waals surface area (Å²) in [6.07, 6.45) is -0.545. The van der Waals surface area contributed by atoms with Crippen LogP contribution in [-0.4, -0.2) is 43.1 Å². The Hall–Kier alpha value is -0.620. The van der Waals surface area contributed by atoms with Crippen LogP contribution in [0.15, 0.2) is 28.7 Å². The number of aliphatic hydroxyl groups is 1. The van der Waals surface area contributed by atoms with Gasteiger partial charge in [-0.1, -0.05) is 15.9 Å². The molecule has 4 nitrogen and oxygen atoms in total. The minimum absolute atomic E-state index is 0.221. The predicted molar refractivity (Wildman–Crippen MR) is 84.2 cm³/mol.